The predicted octanol–water partition coefficient (Wildman–Crippen LogP) is 4.22. The minimum absolute atomic E-state index is 0.0341. The van der Waals surface area contributed by atoms with Gasteiger partial charge in [0.2, 0.25) is 0 Å². The lowest BCUT2D eigenvalue weighted by Gasteiger charge is -2.06. The molecule has 0 amide bonds. The third-order valence-corrected chi connectivity index (χ3v) is 2.83. The quantitative estimate of drug-likeness (QED) is 0.589. The minimum Gasteiger partial charge on any atom is -0.258 e. The molecule has 0 atom stereocenters. The number of aryl methyl sites for hydroxylation is 1. The average molecular weight is 248 g/mol. The lowest BCUT2D eigenvalue weighted by molar-refractivity contribution is -0.384. The van der Waals surface area contributed by atoms with Crippen molar-refractivity contribution in [1.29, 1.82) is 0 Å². The highest BCUT2D eigenvalue weighted by Crippen LogP contribution is 2.33. The van der Waals surface area contributed by atoms with Crippen LogP contribution in [0.4, 0.5) is 5.69 Å². The molecule has 0 N–H and O–H groups in total. The summed E-state index contributed by atoms with van der Waals surface area (Å²) >= 11 is 5.78. The zero-order valence-corrected chi connectivity index (χ0v) is 9.94. The molecule has 0 bridgehead atoms. The van der Waals surface area contributed by atoms with Crippen LogP contribution in [0.1, 0.15) is 5.56 Å². The standard InChI is InChI=1S/C13H10ClNO2/c1-9-4-2-3-5-11(9)12-7-6-10(14)8-13(12)15(16)17/h2-8H,1H3. The van der Waals surface area contributed by atoms with Gasteiger partial charge in [0.15, 0.2) is 0 Å². The molecule has 0 radical (unpaired) electrons. The van der Waals surface area contributed by atoms with Crippen LogP contribution in [0.5, 0.6) is 0 Å². The molecule has 0 spiro atoms. The maximum absolute atomic E-state index is 11.0. The molecule has 0 saturated heterocycles. The summed E-state index contributed by atoms with van der Waals surface area (Å²) in [5.74, 6) is 0. The third-order valence-electron chi connectivity index (χ3n) is 2.59. The molecule has 0 heterocycles. The fourth-order valence-electron chi connectivity index (χ4n) is 1.76. The highest BCUT2D eigenvalue weighted by Gasteiger charge is 2.16. The first-order valence-corrected chi connectivity index (χ1v) is 5.47. The van der Waals surface area contributed by atoms with Crippen LogP contribution in [0.25, 0.3) is 11.1 Å². The van der Waals surface area contributed by atoms with Crippen molar-refractivity contribution < 1.29 is 4.92 Å². The van der Waals surface area contributed by atoms with Crippen molar-refractivity contribution in [3.05, 3.63) is 63.2 Å². The van der Waals surface area contributed by atoms with Crippen molar-refractivity contribution in [2.75, 3.05) is 0 Å². The van der Waals surface area contributed by atoms with Gasteiger partial charge in [-0.3, -0.25) is 10.1 Å². The summed E-state index contributed by atoms with van der Waals surface area (Å²) < 4.78 is 0. The first kappa shape index (κ1) is 11.6. The van der Waals surface area contributed by atoms with E-state index in [1.807, 2.05) is 31.2 Å². The van der Waals surface area contributed by atoms with Crippen LogP contribution in [-0.2, 0) is 0 Å². The second-order valence-electron chi connectivity index (χ2n) is 3.73. The van der Waals surface area contributed by atoms with Gasteiger partial charge in [0.1, 0.15) is 0 Å². The Labute approximate surface area is 104 Å². The Bertz CT molecular complexity index is 581. The van der Waals surface area contributed by atoms with Gasteiger partial charge in [0, 0.05) is 11.1 Å². The second kappa shape index (κ2) is 4.55. The van der Waals surface area contributed by atoms with Gasteiger partial charge in [0.25, 0.3) is 5.69 Å². The Balaban J connectivity index is 2.68. The van der Waals surface area contributed by atoms with Crippen molar-refractivity contribution in [3.8, 4) is 11.1 Å². The number of hydrogen-bond donors (Lipinski definition) is 0. The molecule has 0 saturated carbocycles. The molecule has 0 fully saturated rings. The topological polar surface area (TPSA) is 43.1 Å². The molecule has 3 nitrogen and oxygen atoms in total. The maximum Gasteiger partial charge on any atom is 0.278 e. The van der Waals surface area contributed by atoms with Crippen molar-refractivity contribution in [2.45, 2.75) is 6.92 Å². The van der Waals surface area contributed by atoms with Gasteiger partial charge in [0.05, 0.1) is 10.5 Å². The van der Waals surface area contributed by atoms with Gasteiger partial charge >= 0.3 is 0 Å². The van der Waals surface area contributed by atoms with E-state index in [-0.39, 0.29) is 5.69 Å². The van der Waals surface area contributed by atoms with Crippen LogP contribution in [0.2, 0.25) is 5.02 Å². The molecule has 86 valence electrons. The van der Waals surface area contributed by atoms with Crippen LogP contribution in [0.15, 0.2) is 42.5 Å². The normalized spacial score (nSPS) is 10.2. The van der Waals surface area contributed by atoms with Crippen molar-refractivity contribution in [2.24, 2.45) is 0 Å². The van der Waals surface area contributed by atoms with E-state index in [1.165, 1.54) is 6.07 Å². The summed E-state index contributed by atoms with van der Waals surface area (Å²) in [5, 5.41) is 11.4. The summed E-state index contributed by atoms with van der Waals surface area (Å²) in [4.78, 5) is 10.6. The first-order chi connectivity index (χ1) is 8.09. The summed E-state index contributed by atoms with van der Waals surface area (Å²) in [6.07, 6.45) is 0. The van der Waals surface area contributed by atoms with Gasteiger partial charge in [-0.05, 0) is 30.2 Å². The molecule has 0 aliphatic rings. The molecule has 2 aromatic rings. The van der Waals surface area contributed by atoms with Gasteiger partial charge in [-0.1, -0.05) is 35.9 Å². The van der Waals surface area contributed by atoms with Crippen LogP contribution >= 0.6 is 11.6 Å². The SMILES string of the molecule is Cc1ccccc1-c1ccc(Cl)cc1[N+](=O)[O-]. The number of nitro benzene ring substituents is 1. The average Bonchev–Trinajstić information content (AvgIpc) is 2.30. The Morgan fingerprint density at radius 2 is 1.82 bits per heavy atom. The third kappa shape index (κ3) is 2.29. The Kier molecular flexibility index (Phi) is 3.11. The molecular weight excluding hydrogens is 238 g/mol. The largest absolute Gasteiger partial charge is 0.278 e. The smallest absolute Gasteiger partial charge is 0.258 e. The molecule has 17 heavy (non-hydrogen) atoms. The van der Waals surface area contributed by atoms with E-state index in [0.29, 0.717) is 10.6 Å². The van der Waals surface area contributed by atoms with Crippen LogP contribution < -0.4 is 0 Å². The van der Waals surface area contributed by atoms with Crippen LogP contribution in [-0.4, -0.2) is 4.92 Å². The second-order valence-corrected chi connectivity index (χ2v) is 4.17. The maximum atomic E-state index is 11.0. The number of benzene rings is 2. The fraction of sp³-hybridized carbons (Fsp3) is 0.0769. The number of nitrogens with zero attached hydrogens (tertiary/aromatic N) is 1. The van der Waals surface area contributed by atoms with E-state index in [1.54, 1.807) is 12.1 Å². The van der Waals surface area contributed by atoms with Gasteiger partial charge in [-0.25, -0.2) is 0 Å². The Hall–Kier alpha value is -1.87. The predicted molar refractivity (Wildman–Crippen MR) is 68.3 cm³/mol. The Morgan fingerprint density at radius 1 is 1.12 bits per heavy atom. The zero-order chi connectivity index (χ0) is 12.4. The lowest BCUT2D eigenvalue weighted by Crippen LogP contribution is -1.93. The van der Waals surface area contributed by atoms with Gasteiger partial charge in [-0.15, -0.1) is 0 Å². The molecule has 2 rings (SSSR count). The summed E-state index contributed by atoms with van der Waals surface area (Å²) in [6, 6.07) is 12.3. The van der Waals surface area contributed by atoms with Crippen molar-refractivity contribution in [3.63, 3.8) is 0 Å². The van der Waals surface area contributed by atoms with Crippen molar-refractivity contribution in [1.82, 2.24) is 0 Å². The van der Waals surface area contributed by atoms with Crippen molar-refractivity contribution >= 4 is 17.3 Å². The molecule has 2 aromatic carbocycles. The molecule has 0 unspecified atom stereocenters. The number of hydrogen-bond acceptors (Lipinski definition) is 2. The highest BCUT2D eigenvalue weighted by atomic mass is 35.5. The molecular formula is C13H10ClNO2. The van der Waals surface area contributed by atoms with E-state index in [2.05, 4.69) is 0 Å². The lowest BCUT2D eigenvalue weighted by atomic mass is 9.99. The van der Waals surface area contributed by atoms with E-state index in [4.69, 9.17) is 11.6 Å². The van der Waals surface area contributed by atoms with E-state index >= 15 is 0 Å². The van der Waals surface area contributed by atoms with Gasteiger partial charge in [-0.2, -0.15) is 0 Å². The monoisotopic (exact) mass is 247 g/mol. The minimum atomic E-state index is -0.409. The number of rotatable bonds is 2. The number of halogens is 1. The molecule has 0 aromatic heterocycles. The summed E-state index contributed by atoms with van der Waals surface area (Å²) in [7, 11) is 0. The summed E-state index contributed by atoms with van der Waals surface area (Å²) in [6.45, 7) is 1.92. The highest BCUT2D eigenvalue weighted by molar-refractivity contribution is 6.30. The van der Waals surface area contributed by atoms with Crippen LogP contribution in [0, 0.1) is 17.0 Å². The number of nitro groups is 1. The molecule has 0 aliphatic heterocycles. The molecule has 4 heteroatoms. The summed E-state index contributed by atoms with van der Waals surface area (Å²) in [5.41, 5.74) is 2.48. The molecule has 0 aliphatic carbocycles. The Morgan fingerprint density at radius 3 is 2.47 bits per heavy atom. The first-order valence-electron chi connectivity index (χ1n) is 5.09. The van der Waals surface area contributed by atoms with E-state index in [0.717, 1.165) is 11.1 Å². The van der Waals surface area contributed by atoms with Gasteiger partial charge < -0.3 is 0 Å². The zero-order valence-electron chi connectivity index (χ0n) is 9.18. The van der Waals surface area contributed by atoms with Crippen LogP contribution in [0.3, 0.4) is 0 Å². The van der Waals surface area contributed by atoms with E-state index in [9.17, 15) is 10.1 Å². The van der Waals surface area contributed by atoms with E-state index < -0.39 is 4.92 Å². The fourth-order valence-corrected chi connectivity index (χ4v) is 1.93.